The average Bonchev–Trinajstić information content (AvgIpc) is 2.47. The Bertz CT molecular complexity index is 790. The van der Waals surface area contributed by atoms with Crippen molar-refractivity contribution in [2.75, 3.05) is 0 Å². The van der Waals surface area contributed by atoms with Crippen molar-refractivity contribution >= 4 is 17.0 Å². The fraction of sp³-hybridized carbons (Fsp3) is 0.0588. The highest BCUT2D eigenvalue weighted by Gasteiger charge is 2.25. The van der Waals surface area contributed by atoms with Crippen molar-refractivity contribution in [1.82, 2.24) is 0 Å². The van der Waals surface area contributed by atoms with Crippen molar-refractivity contribution in [2.45, 2.75) is 6.92 Å². The van der Waals surface area contributed by atoms with Crippen molar-refractivity contribution in [3.8, 4) is 5.75 Å². The molecule has 0 atom stereocenters. The number of nitrogens with zero attached hydrogens (tertiary/aromatic N) is 1. The first kappa shape index (κ1) is 13.1. The van der Waals surface area contributed by atoms with E-state index in [1.54, 1.807) is 12.1 Å². The number of fused-ring (bicyclic) bond motifs is 1. The van der Waals surface area contributed by atoms with Gasteiger partial charge in [0.1, 0.15) is 5.76 Å². The van der Waals surface area contributed by atoms with Crippen LogP contribution in [0.25, 0.3) is 11.3 Å². The van der Waals surface area contributed by atoms with Crippen LogP contribution in [0.2, 0.25) is 0 Å². The minimum Gasteiger partial charge on any atom is -0.449 e. The monoisotopic (exact) mass is 279 g/mol. The van der Waals surface area contributed by atoms with Gasteiger partial charge in [-0.25, -0.2) is 0 Å². The Balaban J connectivity index is 2.14. The lowest BCUT2D eigenvalue weighted by molar-refractivity contribution is -0.385. The molecule has 0 aromatic heterocycles. The summed E-state index contributed by atoms with van der Waals surface area (Å²) in [5, 5.41) is 11.2. The summed E-state index contributed by atoms with van der Waals surface area (Å²) in [6.45, 7) is 5.95. The number of aryl methyl sites for hydroxylation is 1. The summed E-state index contributed by atoms with van der Waals surface area (Å²) < 4.78 is 5.82. The Morgan fingerprint density at radius 3 is 2.52 bits per heavy atom. The van der Waals surface area contributed by atoms with E-state index in [9.17, 15) is 10.1 Å². The Kier molecular flexibility index (Phi) is 3.06. The van der Waals surface area contributed by atoms with Crippen LogP contribution in [0.4, 0.5) is 5.69 Å². The smallest absolute Gasteiger partial charge is 0.312 e. The molecule has 0 fully saturated rings. The number of benzene rings is 2. The first-order valence-electron chi connectivity index (χ1n) is 6.50. The standard InChI is InChI=1S/C17H13NO3/c1-11-6-3-4-7-13(11)16-10-12(2)14-8-5-9-15(18(19)20)17(14)21-16/h3-10H,2H2,1H3. The molecule has 4 heteroatoms. The molecule has 3 rings (SSSR count). The minimum absolute atomic E-state index is 0.0483. The highest BCUT2D eigenvalue weighted by atomic mass is 16.6. The Hall–Kier alpha value is -2.88. The number of nitro groups is 1. The zero-order valence-corrected chi connectivity index (χ0v) is 11.5. The van der Waals surface area contributed by atoms with E-state index in [0.717, 1.165) is 11.1 Å². The average molecular weight is 279 g/mol. The first-order valence-corrected chi connectivity index (χ1v) is 6.50. The summed E-state index contributed by atoms with van der Waals surface area (Å²) in [6, 6.07) is 12.6. The van der Waals surface area contributed by atoms with E-state index in [1.165, 1.54) is 6.07 Å². The highest BCUT2D eigenvalue weighted by molar-refractivity contribution is 5.89. The number of para-hydroxylation sites is 1. The van der Waals surface area contributed by atoms with E-state index in [4.69, 9.17) is 4.74 Å². The topological polar surface area (TPSA) is 52.4 Å². The van der Waals surface area contributed by atoms with Gasteiger partial charge in [-0.2, -0.15) is 0 Å². The lowest BCUT2D eigenvalue weighted by Gasteiger charge is -2.20. The maximum atomic E-state index is 11.2. The Morgan fingerprint density at radius 2 is 1.81 bits per heavy atom. The van der Waals surface area contributed by atoms with Crippen LogP contribution in [0.5, 0.6) is 5.75 Å². The molecule has 0 spiro atoms. The molecule has 0 amide bonds. The molecule has 0 N–H and O–H groups in total. The summed E-state index contributed by atoms with van der Waals surface area (Å²) >= 11 is 0. The number of rotatable bonds is 2. The van der Waals surface area contributed by atoms with Crippen molar-refractivity contribution in [1.29, 1.82) is 0 Å². The van der Waals surface area contributed by atoms with E-state index in [1.807, 2.05) is 37.3 Å². The summed E-state index contributed by atoms with van der Waals surface area (Å²) in [5.74, 6) is 0.841. The molecule has 0 radical (unpaired) electrons. The SMILES string of the molecule is C=C1C=C(c2ccccc2C)Oc2c1cccc2[N+](=O)[O-]. The highest BCUT2D eigenvalue weighted by Crippen LogP contribution is 2.42. The molecule has 104 valence electrons. The number of hydrogen-bond acceptors (Lipinski definition) is 3. The fourth-order valence-electron chi connectivity index (χ4n) is 2.39. The van der Waals surface area contributed by atoms with Gasteiger partial charge in [-0.3, -0.25) is 10.1 Å². The zero-order chi connectivity index (χ0) is 15.0. The van der Waals surface area contributed by atoms with Gasteiger partial charge in [0.05, 0.1) is 4.92 Å². The summed E-state index contributed by atoms with van der Waals surface area (Å²) in [4.78, 5) is 10.7. The quantitative estimate of drug-likeness (QED) is 0.606. The third-order valence-corrected chi connectivity index (χ3v) is 3.46. The van der Waals surface area contributed by atoms with E-state index < -0.39 is 4.92 Å². The lowest BCUT2D eigenvalue weighted by atomic mass is 9.98. The maximum absolute atomic E-state index is 11.2. The molecule has 2 aromatic carbocycles. The number of ether oxygens (including phenoxy) is 1. The van der Waals surface area contributed by atoms with Crippen LogP contribution in [0.1, 0.15) is 16.7 Å². The molecule has 4 nitrogen and oxygen atoms in total. The van der Waals surface area contributed by atoms with Gasteiger partial charge in [0.25, 0.3) is 0 Å². The van der Waals surface area contributed by atoms with Crippen LogP contribution < -0.4 is 4.74 Å². The van der Waals surface area contributed by atoms with E-state index >= 15 is 0 Å². The van der Waals surface area contributed by atoms with Gasteiger partial charge in [-0.15, -0.1) is 0 Å². The van der Waals surface area contributed by atoms with Crippen LogP contribution in [0.15, 0.2) is 55.1 Å². The van der Waals surface area contributed by atoms with Crippen LogP contribution in [-0.2, 0) is 0 Å². The molecule has 2 aromatic rings. The molecule has 1 aliphatic heterocycles. The molecule has 1 heterocycles. The molecule has 0 saturated carbocycles. The minimum atomic E-state index is -0.438. The molecule has 0 aliphatic carbocycles. The van der Waals surface area contributed by atoms with Gasteiger partial charge >= 0.3 is 5.69 Å². The van der Waals surface area contributed by atoms with Crippen LogP contribution >= 0.6 is 0 Å². The summed E-state index contributed by atoms with van der Waals surface area (Å²) in [6.07, 6.45) is 1.81. The van der Waals surface area contributed by atoms with Gasteiger partial charge in [-0.05, 0) is 24.1 Å². The van der Waals surface area contributed by atoms with Gasteiger partial charge in [-0.1, -0.05) is 43.0 Å². The van der Waals surface area contributed by atoms with Crippen molar-refractivity contribution in [2.24, 2.45) is 0 Å². The third-order valence-electron chi connectivity index (χ3n) is 3.46. The predicted molar refractivity (Wildman–Crippen MR) is 81.9 cm³/mol. The zero-order valence-electron chi connectivity index (χ0n) is 11.5. The Labute approximate surface area is 122 Å². The second kappa shape index (κ2) is 4.90. The normalized spacial score (nSPS) is 13.2. The van der Waals surface area contributed by atoms with E-state index in [-0.39, 0.29) is 11.4 Å². The summed E-state index contributed by atoms with van der Waals surface area (Å²) in [7, 11) is 0. The van der Waals surface area contributed by atoms with Crippen LogP contribution in [-0.4, -0.2) is 4.92 Å². The van der Waals surface area contributed by atoms with Crippen LogP contribution in [0, 0.1) is 17.0 Å². The van der Waals surface area contributed by atoms with Gasteiger partial charge in [0, 0.05) is 17.2 Å². The van der Waals surface area contributed by atoms with Gasteiger partial charge in [0.2, 0.25) is 5.75 Å². The Morgan fingerprint density at radius 1 is 1.10 bits per heavy atom. The molecule has 0 saturated heterocycles. The molecule has 21 heavy (non-hydrogen) atoms. The number of nitro benzene ring substituents is 1. The molecule has 0 unspecified atom stereocenters. The number of hydrogen-bond donors (Lipinski definition) is 0. The van der Waals surface area contributed by atoms with Crippen LogP contribution in [0.3, 0.4) is 0 Å². The molecular weight excluding hydrogens is 266 g/mol. The molecule has 1 aliphatic rings. The van der Waals surface area contributed by atoms with Gasteiger partial charge in [0.15, 0.2) is 0 Å². The van der Waals surface area contributed by atoms with E-state index in [0.29, 0.717) is 16.9 Å². The second-order valence-electron chi connectivity index (χ2n) is 4.86. The van der Waals surface area contributed by atoms with Crippen molar-refractivity contribution in [3.05, 3.63) is 81.9 Å². The van der Waals surface area contributed by atoms with Gasteiger partial charge < -0.3 is 4.74 Å². The first-order chi connectivity index (χ1) is 10.1. The lowest BCUT2D eigenvalue weighted by Crippen LogP contribution is -2.06. The fourth-order valence-corrected chi connectivity index (χ4v) is 2.39. The molecule has 0 bridgehead atoms. The van der Waals surface area contributed by atoms with Crippen molar-refractivity contribution < 1.29 is 9.66 Å². The maximum Gasteiger partial charge on any atom is 0.312 e. The second-order valence-corrected chi connectivity index (χ2v) is 4.86. The van der Waals surface area contributed by atoms with Crippen molar-refractivity contribution in [3.63, 3.8) is 0 Å². The largest absolute Gasteiger partial charge is 0.449 e. The molecular formula is C17H13NO3. The van der Waals surface area contributed by atoms with E-state index in [2.05, 4.69) is 6.58 Å². The third kappa shape index (κ3) is 2.21. The predicted octanol–water partition coefficient (Wildman–Crippen LogP) is 4.35. The number of allylic oxidation sites excluding steroid dienone is 2. The summed E-state index contributed by atoms with van der Waals surface area (Å²) in [5.41, 5.74) is 3.26.